The molecule has 3 nitrogen and oxygen atoms in total. The SMILES string of the molecule is CC(C)CNCc1ccc(OCCCCC#N)c(F)c1. The molecule has 0 heterocycles. The number of ether oxygens (including phenoxy) is 1. The molecular formula is C16H23FN2O. The van der Waals surface area contributed by atoms with Crippen LogP contribution in [0.15, 0.2) is 18.2 Å². The van der Waals surface area contributed by atoms with E-state index in [2.05, 4.69) is 25.2 Å². The molecule has 1 rings (SSSR count). The fraction of sp³-hybridized carbons (Fsp3) is 0.562. The summed E-state index contributed by atoms with van der Waals surface area (Å²) in [5, 5.41) is 11.7. The summed E-state index contributed by atoms with van der Waals surface area (Å²) >= 11 is 0. The molecule has 20 heavy (non-hydrogen) atoms. The van der Waals surface area contributed by atoms with Gasteiger partial charge < -0.3 is 10.1 Å². The molecule has 110 valence electrons. The second-order valence-corrected chi connectivity index (χ2v) is 5.25. The highest BCUT2D eigenvalue weighted by Crippen LogP contribution is 2.18. The van der Waals surface area contributed by atoms with Gasteiger partial charge in [-0.15, -0.1) is 0 Å². The van der Waals surface area contributed by atoms with Gasteiger partial charge in [-0.1, -0.05) is 19.9 Å². The van der Waals surface area contributed by atoms with Gasteiger partial charge >= 0.3 is 0 Å². The van der Waals surface area contributed by atoms with Crippen molar-refractivity contribution in [1.82, 2.24) is 5.32 Å². The minimum atomic E-state index is -0.325. The van der Waals surface area contributed by atoms with E-state index in [1.165, 1.54) is 6.07 Å². The van der Waals surface area contributed by atoms with E-state index < -0.39 is 0 Å². The molecule has 0 saturated heterocycles. The number of nitrogens with one attached hydrogen (secondary N) is 1. The van der Waals surface area contributed by atoms with Crippen LogP contribution in [0.3, 0.4) is 0 Å². The van der Waals surface area contributed by atoms with Crippen molar-refractivity contribution in [2.24, 2.45) is 5.92 Å². The van der Waals surface area contributed by atoms with E-state index in [0.29, 0.717) is 25.5 Å². The van der Waals surface area contributed by atoms with Crippen LogP contribution in [0, 0.1) is 23.1 Å². The van der Waals surface area contributed by atoms with Crippen molar-refractivity contribution >= 4 is 0 Å². The molecule has 0 amide bonds. The van der Waals surface area contributed by atoms with Crippen molar-refractivity contribution in [2.45, 2.75) is 39.7 Å². The first-order valence-electron chi connectivity index (χ1n) is 7.12. The van der Waals surface area contributed by atoms with Crippen molar-refractivity contribution in [2.75, 3.05) is 13.2 Å². The van der Waals surface area contributed by atoms with Crippen LogP contribution in [-0.4, -0.2) is 13.2 Å². The average molecular weight is 278 g/mol. The van der Waals surface area contributed by atoms with Crippen LogP contribution in [0.1, 0.15) is 38.7 Å². The molecule has 1 N–H and O–H groups in total. The molecule has 1 aromatic rings. The number of hydrogen-bond acceptors (Lipinski definition) is 3. The first-order valence-corrected chi connectivity index (χ1v) is 7.12. The Hall–Kier alpha value is -1.60. The van der Waals surface area contributed by atoms with E-state index >= 15 is 0 Å². The zero-order valence-corrected chi connectivity index (χ0v) is 12.3. The second-order valence-electron chi connectivity index (χ2n) is 5.25. The summed E-state index contributed by atoms with van der Waals surface area (Å²) in [7, 11) is 0. The van der Waals surface area contributed by atoms with Crippen molar-refractivity contribution in [3.63, 3.8) is 0 Å². The molecule has 4 heteroatoms. The van der Waals surface area contributed by atoms with Crippen LogP contribution in [0.4, 0.5) is 4.39 Å². The summed E-state index contributed by atoms with van der Waals surface area (Å²) < 4.78 is 19.2. The Kier molecular flexibility index (Phi) is 7.67. The van der Waals surface area contributed by atoms with E-state index in [9.17, 15) is 4.39 Å². The minimum absolute atomic E-state index is 0.287. The van der Waals surface area contributed by atoms with Gasteiger partial charge in [0.05, 0.1) is 12.7 Å². The average Bonchev–Trinajstić information content (AvgIpc) is 2.40. The van der Waals surface area contributed by atoms with Gasteiger partial charge in [-0.2, -0.15) is 5.26 Å². The number of halogens is 1. The Balaban J connectivity index is 2.37. The first-order chi connectivity index (χ1) is 9.63. The highest BCUT2D eigenvalue weighted by atomic mass is 19.1. The Morgan fingerprint density at radius 2 is 2.15 bits per heavy atom. The maximum Gasteiger partial charge on any atom is 0.165 e. The predicted octanol–water partition coefficient (Wildman–Crippen LogP) is 3.64. The molecule has 0 atom stereocenters. The lowest BCUT2D eigenvalue weighted by Crippen LogP contribution is -2.19. The van der Waals surface area contributed by atoms with Crippen LogP contribution in [-0.2, 0) is 6.54 Å². The first kappa shape index (κ1) is 16.5. The number of nitriles is 1. The summed E-state index contributed by atoms with van der Waals surface area (Å²) in [5.41, 5.74) is 0.917. The van der Waals surface area contributed by atoms with Crippen LogP contribution >= 0.6 is 0 Å². The Bertz CT molecular complexity index is 441. The van der Waals surface area contributed by atoms with Crippen LogP contribution < -0.4 is 10.1 Å². The number of benzene rings is 1. The third-order valence-electron chi connectivity index (χ3n) is 2.82. The quantitative estimate of drug-likeness (QED) is 0.701. The van der Waals surface area contributed by atoms with Crippen molar-refractivity contribution < 1.29 is 9.13 Å². The molecule has 0 aliphatic heterocycles. The summed E-state index contributed by atoms with van der Waals surface area (Å²) in [4.78, 5) is 0. The molecule has 0 aromatic heterocycles. The minimum Gasteiger partial charge on any atom is -0.491 e. The van der Waals surface area contributed by atoms with Gasteiger partial charge in [-0.25, -0.2) is 4.39 Å². The van der Waals surface area contributed by atoms with Gasteiger partial charge in [0.15, 0.2) is 11.6 Å². The van der Waals surface area contributed by atoms with Gasteiger partial charge in [-0.3, -0.25) is 0 Å². The third kappa shape index (κ3) is 6.53. The normalized spacial score (nSPS) is 10.6. The maximum atomic E-state index is 13.8. The van der Waals surface area contributed by atoms with E-state index in [0.717, 1.165) is 24.9 Å². The van der Waals surface area contributed by atoms with Crippen LogP contribution in [0.5, 0.6) is 5.75 Å². The number of unbranched alkanes of at least 4 members (excludes halogenated alkanes) is 2. The Morgan fingerprint density at radius 1 is 1.35 bits per heavy atom. The molecule has 0 radical (unpaired) electrons. The fourth-order valence-corrected chi connectivity index (χ4v) is 1.76. The van der Waals surface area contributed by atoms with Crippen molar-refractivity contribution in [3.8, 4) is 11.8 Å². The largest absolute Gasteiger partial charge is 0.491 e. The van der Waals surface area contributed by atoms with E-state index in [-0.39, 0.29) is 11.6 Å². The number of hydrogen-bond donors (Lipinski definition) is 1. The molecule has 0 bridgehead atoms. The lowest BCUT2D eigenvalue weighted by molar-refractivity contribution is 0.292. The predicted molar refractivity (Wildman–Crippen MR) is 77.9 cm³/mol. The molecule has 0 spiro atoms. The highest BCUT2D eigenvalue weighted by molar-refractivity contribution is 5.29. The monoisotopic (exact) mass is 278 g/mol. The standard InChI is InChI=1S/C16H23FN2O/c1-13(2)11-19-12-14-6-7-16(15(17)10-14)20-9-5-3-4-8-18/h6-7,10,13,19H,3-5,9,11-12H2,1-2H3. The Labute approximate surface area is 120 Å². The molecule has 0 aliphatic rings. The number of rotatable bonds is 9. The van der Waals surface area contributed by atoms with Crippen LogP contribution in [0.25, 0.3) is 0 Å². The van der Waals surface area contributed by atoms with Gasteiger partial charge in [0, 0.05) is 13.0 Å². The summed E-state index contributed by atoms with van der Waals surface area (Å²) in [6, 6.07) is 7.14. The summed E-state index contributed by atoms with van der Waals surface area (Å²) in [5.74, 6) is 0.541. The third-order valence-corrected chi connectivity index (χ3v) is 2.82. The topological polar surface area (TPSA) is 45.0 Å². The maximum absolute atomic E-state index is 13.8. The molecule has 0 fully saturated rings. The number of nitrogens with zero attached hydrogens (tertiary/aromatic N) is 1. The zero-order valence-electron chi connectivity index (χ0n) is 12.3. The smallest absolute Gasteiger partial charge is 0.165 e. The van der Waals surface area contributed by atoms with Gasteiger partial charge in [0.2, 0.25) is 0 Å². The van der Waals surface area contributed by atoms with E-state index in [1.54, 1.807) is 6.07 Å². The van der Waals surface area contributed by atoms with E-state index in [1.807, 2.05) is 6.07 Å². The lowest BCUT2D eigenvalue weighted by Gasteiger charge is -2.10. The summed E-state index contributed by atoms with van der Waals surface area (Å²) in [6.07, 6.45) is 2.08. The zero-order chi connectivity index (χ0) is 14.8. The van der Waals surface area contributed by atoms with Gasteiger partial charge in [-0.05, 0) is 43.0 Å². The lowest BCUT2D eigenvalue weighted by atomic mass is 10.2. The van der Waals surface area contributed by atoms with Crippen LogP contribution in [0.2, 0.25) is 0 Å². The molecular weight excluding hydrogens is 255 g/mol. The summed E-state index contributed by atoms with van der Waals surface area (Å²) in [6.45, 7) is 6.30. The van der Waals surface area contributed by atoms with Gasteiger partial charge in [0.1, 0.15) is 0 Å². The van der Waals surface area contributed by atoms with Crippen molar-refractivity contribution in [1.29, 1.82) is 5.26 Å². The fourth-order valence-electron chi connectivity index (χ4n) is 1.76. The Morgan fingerprint density at radius 3 is 2.80 bits per heavy atom. The highest BCUT2D eigenvalue weighted by Gasteiger charge is 2.05. The molecule has 0 aliphatic carbocycles. The molecule has 0 saturated carbocycles. The van der Waals surface area contributed by atoms with Gasteiger partial charge in [0.25, 0.3) is 0 Å². The van der Waals surface area contributed by atoms with Crippen molar-refractivity contribution in [3.05, 3.63) is 29.6 Å². The molecule has 0 unspecified atom stereocenters. The molecule has 1 aromatic carbocycles. The van der Waals surface area contributed by atoms with E-state index in [4.69, 9.17) is 10.00 Å². The second kappa shape index (κ2) is 9.33.